The molecule has 1 aliphatic heterocycles. The number of hydrogen-bond acceptors (Lipinski definition) is 4. The van der Waals surface area contributed by atoms with E-state index in [9.17, 15) is 9.90 Å². The molecule has 0 aliphatic carbocycles. The van der Waals surface area contributed by atoms with Crippen LogP contribution in [0.3, 0.4) is 0 Å². The number of aromatic hydroxyl groups is 1. The van der Waals surface area contributed by atoms with Gasteiger partial charge in [-0.05, 0) is 31.5 Å². The van der Waals surface area contributed by atoms with Crippen LogP contribution < -0.4 is 15.4 Å². The number of phenols is 1. The van der Waals surface area contributed by atoms with Crippen molar-refractivity contribution in [3.63, 3.8) is 0 Å². The van der Waals surface area contributed by atoms with Gasteiger partial charge in [0.2, 0.25) is 0 Å². The highest BCUT2D eigenvalue weighted by molar-refractivity contribution is 5.97. The molecule has 18 heavy (non-hydrogen) atoms. The van der Waals surface area contributed by atoms with Gasteiger partial charge in [-0.1, -0.05) is 6.07 Å². The summed E-state index contributed by atoms with van der Waals surface area (Å²) in [5.41, 5.74) is 0.250. The number of benzene rings is 1. The van der Waals surface area contributed by atoms with E-state index >= 15 is 0 Å². The van der Waals surface area contributed by atoms with Crippen molar-refractivity contribution in [2.75, 3.05) is 20.2 Å². The molecule has 98 valence electrons. The van der Waals surface area contributed by atoms with Crippen molar-refractivity contribution < 1.29 is 14.6 Å². The highest BCUT2D eigenvalue weighted by Gasteiger charge is 2.19. The Labute approximate surface area is 106 Å². The molecular formula is C13H18N2O3. The van der Waals surface area contributed by atoms with Crippen molar-refractivity contribution in [2.45, 2.75) is 18.9 Å². The Morgan fingerprint density at radius 2 is 2.39 bits per heavy atom. The predicted molar refractivity (Wildman–Crippen MR) is 68.0 cm³/mol. The lowest BCUT2D eigenvalue weighted by atomic mass is 10.1. The van der Waals surface area contributed by atoms with E-state index in [0.29, 0.717) is 5.75 Å². The molecule has 1 unspecified atom stereocenters. The lowest BCUT2D eigenvalue weighted by molar-refractivity contribution is 0.0927. The van der Waals surface area contributed by atoms with Gasteiger partial charge in [-0.25, -0.2) is 0 Å². The minimum Gasteiger partial charge on any atom is -0.504 e. The minimum absolute atomic E-state index is 0.110. The van der Waals surface area contributed by atoms with Crippen molar-refractivity contribution in [1.82, 2.24) is 10.6 Å². The average molecular weight is 250 g/mol. The minimum atomic E-state index is -0.264. The Balaban J connectivity index is 2.08. The number of carbonyl (C=O) groups is 1. The maximum Gasteiger partial charge on any atom is 0.255 e. The fourth-order valence-corrected chi connectivity index (χ4v) is 2.11. The molecule has 0 saturated carbocycles. The maximum atomic E-state index is 12.0. The second kappa shape index (κ2) is 5.73. The van der Waals surface area contributed by atoms with Crippen molar-refractivity contribution >= 4 is 5.91 Å². The Hall–Kier alpha value is -1.75. The largest absolute Gasteiger partial charge is 0.504 e. The third-order valence-electron chi connectivity index (χ3n) is 3.10. The monoisotopic (exact) mass is 250 g/mol. The summed E-state index contributed by atoms with van der Waals surface area (Å²) in [5, 5.41) is 16.0. The van der Waals surface area contributed by atoms with Gasteiger partial charge in [0.1, 0.15) is 0 Å². The molecule has 1 saturated heterocycles. The molecule has 5 nitrogen and oxygen atoms in total. The summed E-state index contributed by atoms with van der Waals surface area (Å²) in [5.74, 6) is -0.0641. The van der Waals surface area contributed by atoms with Gasteiger partial charge in [0.15, 0.2) is 11.5 Å². The first-order valence-corrected chi connectivity index (χ1v) is 6.10. The molecule has 1 aromatic carbocycles. The van der Waals surface area contributed by atoms with Gasteiger partial charge in [0.05, 0.1) is 12.7 Å². The fraction of sp³-hybridized carbons (Fsp3) is 0.462. The molecule has 1 atom stereocenters. The molecular weight excluding hydrogens is 232 g/mol. The summed E-state index contributed by atoms with van der Waals surface area (Å²) in [6.07, 6.45) is 2.01. The zero-order valence-corrected chi connectivity index (χ0v) is 10.4. The first-order valence-electron chi connectivity index (χ1n) is 6.10. The van der Waals surface area contributed by atoms with Gasteiger partial charge in [0.25, 0.3) is 5.91 Å². The van der Waals surface area contributed by atoms with Crippen molar-refractivity contribution in [3.8, 4) is 11.5 Å². The number of piperidine rings is 1. The number of methoxy groups -OCH3 is 1. The van der Waals surface area contributed by atoms with Crippen molar-refractivity contribution in [1.29, 1.82) is 0 Å². The summed E-state index contributed by atoms with van der Waals surface area (Å²) in [4.78, 5) is 12.0. The van der Waals surface area contributed by atoms with Crippen LogP contribution in [0.5, 0.6) is 11.5 Å². The molecule has 0 aromatic heterocycles. The summed E-state index contributed by atoms with van der Waals surface area (Å²) in [6.45, 7) is 1.77. The third-order valence-corrected chi connectivity index (χ3v) is 3.10. The number of nitrogens with one attached hydrogen (secondary N) is 2. The zero-order valence-electron chi connectivity index (χ0n) is 10.4. The van der Waals surface area contributed by atoms with Gasteiger partial charge in [-0.15, -0.1) is 0 Å². The Morgan fingerprint density at radius 3 is 3.06 bits per heavy atom. The molecule has 2 rings (SSSR count). The summed E-state index contributed by atoms with van der Waals surface area (Å²) < 4.78 is 4.98. The predicted octanol–water partition coefficient (Wildman–Crippen LogP) is 0.883. The van der Waals surface area contributed by atoms with Crippen LogP contribution in [0, 0.1) is 0 Å². The smallest absolute Gasteiger partial charge is 0.255 e. The van der Waals surface area contributed by atoms with E-state index in [0.717, 1.165) is 25.9 Å². The second-order valence-corrected chi connectivity index (χ2v) is 4.37. The van der Waals surface area contributed by atoms with Gasteiger partial charge in [0, 0.05) is 12.6 Å². The molecule has 1 aromatic rings. The Bertz CT molecular complexity index is 428. The topological polar surface area (TPSA) is 70.6 Å². The lowest BCUT2D eigenvalue weighted by Gasteiger charge is -2.24. The second-order valence-electron chi connectivity index (χ2n) is 4.37. The summed E-state index contributed by atoms with van der Waals surface area (Å²) in [6, 6.07) is 5.02. The Morgan fingerprint density at radius 1 is 1.56 bits per heavy atom. The SMILES string of the molecule is COc1cccc(C(=O)NC2CCCNC2)c1O. The van der Waals surface area contributed by atoms with E-state index in [-0.39, 0.29) is 23.3 Å². The van der Waals surface area contributed by atoms with E-state index in [2.05, 4.69) is 10.6 Å². The van der Waals surface area contributed by atoms with E-state index in [1.807, 2.05) is 0 Å². The molecule has 0 bridgehead atoms. The van der Waals surface area contributed by atoms with Crippen LogP contribution in [-0.4, -0.2) is 37.3 Å². The highest BCUT2D eigenvalue weighted by Crippen LogP contribution is 2.29. The molecule has 0 radical (unpaired) electrons. The quantitative estimate of drug-likeness (QED) is 0.745. The van der Waals surface area contributed by atoms with Crippen LogP contribution in [0.1, 0.15) is 23.2 Å². The van der Waals surface area contributed by atoms with Gasteiger partial charge in [-0.2, -0.15) is 0 Å². The van der Waals surface area contributed by atoms with E-state index in [4.69, 9.17) is 4.74 Å². The number of carbonyl (C=O) groups excluding carboxylic acids is 1. The normalized spacial score (nSPS) is 19.3. The van der Waals surface area contributed by atoms with E-state index in [1.54, 1.807) is 18.2 Å². The van der Waals surface area contributed by atoms with E-state index < -0.39 is 0 Å². The molecule has 5 heteroatoms. The average Bonchev–Trinajstić information content (AvgIpc) is 2.40. The van der Waals surface area contributed by atoms with Crippen LogP contribution in [0.2, 0.25) is 0 Å². The number of rotatable bonds is 3. The van der Waals surface area contributed by atoms with Gasteiger partial charge in [-0.3, -0.25) is 4.79 Å². The molecule has 1 fully saturated rings. The standard InChI is InChI=1S/C13H18N2O3/c1-18-11-6-2-5-10(12(11)16)13(17)15-9-4-3-7-14-8-9/h2,5-6,9,14,16H,3-4,7-8H2,1H3,(H,15,17). The number of hydrogen-bond donors (Lipinski definition) is 3. The Kier molecular flexibility index (Phi) is 4.04. The first kappa shape index (κ1) is 12.7. The van der Waals surface area contributed by atoms with Crippen LogP contribution in [0.25, 0.3) is 0 Å². The van der Waals surface area contributed by atoms with Crippen LogP contribution in [0.4, 0.5) is 0 Å². The molecule has 1 amide bonds. The molecule has 1 aliphatic rings. The molecule has 1 heterocycles. The van der Waals surface area contributed by atoms with Gasteiger partial charge >= 0.3 is 0 Å². The molecule has 3 N–H and O–H groups in total. The maximum absolute atomic E-state index is 12.0. The number of amides is 1. The summed E-state index contributed by atoms with van der Waals surface area (Å²) >= 11 is 0. The van der Waals surface area contributed by atoms with Gasteiger partial charge < -0.3 is 20.5 Å². The first-order chi connectivity index (χ1) is 8.72. The van der Waals surface area contributed by atoms with Crippen LogP contribution in [0.15, 0.2) is 18.2 Å². The third kappa shape index (κ3) is 2.73. The highest BCUT2D eigenvalue weighted by atomic mass is 16.5. The fourth-order valence-electron chi connectivity index (χ4n) is 2.11. The van der Waals surface area contributed by atoms with Crippen LogP contribution >= 0.6 is 0 Å². The zero-order chi connectivity index (χ0) is 13.0. The van der Waals surface area contributed by atoms with Crippen molar-refractivity contribution in [3.05, 3.63) is 23.8 Å². The molecule has 0 spiro atoms. The number of para-hydroxylation sites is 1. The van der Waals surface area contributed by atoms with E-state index in [1.165, 1.54) is 7.11 Å². The number of ether oxygens (including phenoxy) is 1. The van der Waals surface area contributed by atoms with Crippen LogP contribution in [-0.2, 0) is 0 Å². The summed E-state index contributed by atoms with van der Waals surface area (Å²) in [7, 11) is 1.46. The number of phenolic OH excluding ortho intramolecular Hbond substituents is 1. The van der Waals surface area contributed by atoms with Crippen molar-refractivity contribution in [2.24, 2.45) is 0 Å². The lowest BCUT2D eigenvalue weighted by Crippen LogP contribution is -2.45.